The van der Waals surface area contributed by atoms with Crippen molar-refractivity contribution in [3.8, 4) is 0 Å². The lowest BCUT2D eigenvalue weighted by molar-refractivity contribution is 0.282. The van der Waals surface area contributed by atoms with E-state index in [4.69, 9.17) is 4.98 Å². The first-order valence-corrected chi connectivity index (χ1v) is 7.97. The minimum atomic E-state index is 0.217. The zero-order chi connectivity index (χ0) is 13.1. The predicted octanol–water partition coefficient (Wildman–Crippen LogP) is 2.88. The molecule has 1 saturated heterocycles. The molecule has 0 unspecified atom stereocenters. The molecule has 1 saturated carbocycles. The number of aromatic nitrogens is 3. The normalized spacial score (nSPS) is 24.5. The fraction of sp³-hybridized carbons (Fsp3) is 0.867. The Hall–Kier alpha value is -0.900. The number of rotatable bonds is 3. The maximum absolute atomic E-state index is 4.91. The summed E-state index contributed by atoms with van der Waals surface area (Å²) in [6.07, 6.45) is 10.2. The molecule has 2 N–H and O–H groups in total. The third kappa shape index (κ3) is 2.55. The minimum absolute atomic E-state index is 0.217. The van der Waals surface area contributed by atoms with Crippen LogP contribution in [0.4, 0.5) is 0 Å². The molecule has 4 nitrogen and oxygen atoms in total. The second-order valence-corrected chi connectivity index (χ2v) is 6.26. The monoisotopic (exact) mass is 262 g/mol. The van der Waals surface area contributed by atoms with E-state index in [2.05, 4.69) is 22.4 Å². The van der Waals surface area contributed by atoms with Crippen LogP contribution in [0.25, 0.3) is 0 Å². The fourth-order valence-electron chi connectivity index (χ4n) is 3.71. The molecule has 0 aromatic carbocycles. The lowest BCUT2D eigenvalue weighted by Gasteiger charge is -2.34. The van der Waals surface area contributed by atoms with E-state index < -0.39 is 0 Å². The van der Waals surface area contributed by atoms with Crippen LogP contribution in [0.5, 0.6) is 0 Å². The standard InChI is InChI=1S/C15H26N4/c1-2-15(8-10-16-11-9-15)14-17-13(18-19-14)12-6-4-3-5-7-12/h12,16H,2-11H2,1H3,(H,17,18,19). The Bertz CT molecular complexity index is 400. The second-order valence-electron chi connectivity index (χ2n) is 6.26. The van der Waals surface area contributed by atoms with E-state index in [0.717, 1.165) is 31.2 Å². The zero-order valence-corrected chi connectivity index (χ0v) is 12.0. The summed E-state index contributed by atoms with van der Waals surface area (Å²) in [6.45, 7) is 4.48. The summed E-state index contributed by atoms with van der Waals surface area (Å²) in [5, 5.41) is 11.3. The summed E-state index contributed by atoms with van der Waals surface area (Å²) >= 11 is 0. The Morgan fingerprint density at radius 2 is 1.89 bits per heavy atom. The summed E-state index contributed by atoms with van der Waals surface area (Å²) < 4.78 is 0. The highest BCUT2D eigenvalue weighted by molar-refractivity contribution is 5.11. The molecular formula is C15H26N4. The largest absolute Gasteiger partial charge is 0.317 e. The van der Waals surface area contributed by atoms with Gasteiger partial charge in [0.15, 0.2) is 5.82 Å². The van der Waals surface area contributed by atoms with Gasteiger partial charge < -0.3 is 5.32 Å². The van der Waals surface area contributed by atoms with Crippen LogP contribution in [-0.4, -0.2) is 28.3 Å². The predicted molar refractivity (Wildman–Crippen MR) is 76.3 cm³/mol. The van der Waals surface area contributed by atoms with Crippen molar-refractivity contribution in [1.29, 1.82) is 0 Å². The molecule has 2 heterocycles. The van der Waals surface area contributed by atoms with Gasteiger partial charge in [-0.1, -0.05) is 26.2 Å². The van der Waals surface area contributed by atoms with Gasteiger partial charge >= 0.3 is 0 Å². The third-order valence-electron chi connectivity index (χ3n) is 5.21. The number of hydrogen-bond donors (Lipinski definition) is 2. The number of nitrogens with one attached hydrogen (secondary N) is 2. The number of nitrogens with zero attached hydrogens (tertiary/aromatic N) is 2. The molecule has 4 heteroatoms. The van der Waals surface area contributed by atoms with Crippen LogP contribution in [0, 0.1) is 0 Å². The lowest BCUT2D eigenvalue weighted by atomic mass is 9.76. The van der Waals surface area contributed by atoms with Gasteiger partial charge in [0.1, 0.15) is 5.82 Å². The molecule has 1 aromatic heterocycles. The van der Waals surface area contributed by atoms with E-state index in [1.165, 1.54) is 44.9 Å². The Labute approximate surface area is 115 Å². The molecule has 106 valence electrons. The van der Waals surface area contributed by atoms with Crippen LogP contribution in [0.15, 0.2) is 0 Å². The van der Waals surface area contributed by atoms with Gasteiger partial charge in [0.25, 0.3) is 0 Å². The van der Waals surface area contributed by atoms with Crippen LogP contribution in [-0.2, 0) is 5.41 Å². The van der Waals surface area contributed by atoms with Gasteiger partial charge in [0.2, 0.25) is 0 Å². The Morgan fingerprint density at radius 3 is 2.58 bits per heavy atom. The maximum Gasteiger partial charge on any atom is 0.156 e. The summed E-state index contributed by atoms with van der Waals surface area (Å²) in [7, 11) is 0. The highest BCUT2D eigenvalue weighted by atomic mass is 15.2. The van der Waals surface area contributed by atoms with E-state index in [9.17, 15) is 0 Å². The number of hydrogen-bond acceptors (Lipinski definition) is 3. The van der Waals surface area contributed by atoms with E-state index in [1.54, 1.807) is 0 Å². The van der Waals surface area contributed by atoms with Gasteiger partial charge in [-0.25, -0.2) is 4.98 Å². The van der Waals surface area contributed by atoms with E-state index >= 15 is 0 Å². The Kier molecular flexibility index (Phi) is 3.87. The van der Waals surface area contributed by atoms with Gasteiger partial charge in [0, 0.05) is 11.3 Å². The smallest absolute Gasteiger partial charge is 0.156 e. The summed E-state index contributed by atoms with van der Waals surface area (Å²) in [5.74, 6) is 2.86. The first-order valence-electron chi connectivity index (χ1n) is 7.97. The molecule has 0 atom stereocenters. The molecule has 2 aliphatic rings. The lowest BCUT2D eigenvalue weighted by Crippen LogP contribution is -2.40. The van der Waals surface area contributed by atoms with Crippen molar-refractivity contribution in [2.24, 2.45) is 0 Å². The molecule has 0 radical (unpaired) electrons. The number of H-pyrrole nitrogens is 1. The molecule has 2 fully saturated rings. The third-order valence-corrected chi connectivity index (χ3v) is 5.21. The van der Waals surface area contributed by atoms with Crippen molar-refractivity contribution in [3.63, 3.8) is 0 Å². The molecule has 1 aromatic rings. The van der Waals surface area contributed by atoms with Crippen LogP contribution in [0.1, 0.15) is 75.9 Å². The minimum Gasteiger partial charge on any atom is -0.317 e. The van der Waals surface area contributed by atoms with Crippen molar-refractivity contribution in [2.75, 3.05) is 13.1 Å². The Balaban J connectivity index is 1.79. The summed E-state index contributed by atoms with van der Waals surface area (Å²) in [5.41, 5.74) is 0.217. The molecule has 0 amide bonds. The maximum atomic E-state index is 4.91. The quantitative estimate of drug-likeness (QED) is 0.880. The Morgan fingerprint density at radius 1 is 1.16 bits per heavy atom. The first kappa shape index (κ1) is 13.1. The van der Waals surface area contributed by atoms with Gasteiger partial charge in [0.05, 0.1) is 0 Å². The van der Waals surface area contributed by atoms with Crippen LogP contribution < -0.4 is 5.32 Å². The van der Waals surface area contributed by atoms with Gasteiger partial charge in [-0.15, -0.1) is 0 Å². The van der Waals surface area contributed by atoms with Crippen molar-refractivity contribution in [3.05, 3.63) is 11.6 Å². The van der Waals surface area contributed by atoms with Crippen molar-refractivity contribution in [2.45, 2.75) is 69.6 Å². The molecule has 1 aliphatic carbocycles. The number of aromatic amines is 1. The van der Waals surface area contributed by atoms with Crippen molar-refractivity contribution < 1.29 is 0 Å². The molecule has 1 aliphatic heterocycles. The van der Waals surface area contributed by atoms with Gasteiger partial charge in [-0.05, 0) is 45.2 Å². The first-order chi connectivity index (χ1) is 9.34. The van der Waals surface area contributed by atoms with E-state index in [-0.39, 0.29) is 5.41 Å². The molecule has 3 rings (SSSR count). The topological polar surface area (TPSA) is 53.6 Å². The van der Waals surface area contributed by atoms with Gasteiger partial charge in [-0.3, -0.25) is 5.10 Å². The van der Waals surface area contributed by atoms with Crippen LogP contribution in [0.3, 0.4) is 0 Å². The summed E-state index contributed by atoms with van der Waals surface area (Å²) in [6, 6.07) is 0. The van der Waals surface area contributed by atoms with E-state index in [1.807, 2.05) is 0 Å². The molecule has 0 spiro atoms. The van der Waals surface area contributed by atoms with Crippen molar-refractivity contribution in [1.82, 2.24) is 20.5 Å². The fourth-order valence-corrected chi connectivity index (χ4v) is 3.71. The highest BCUT2D eigenvalue weighted by Gasteiger charge is 2.36. The zero-order valence-electron chi connectivity index (χ0n) is 12.0. The molecule has 0 bridgehead atoms. The van der Waals surface area contributed by atoms with Crippen LogP contribution in [0.2, 0.25) is 0 Å². The van der Waals surface area contributed by atoms with Gasteiger partial charge in [-0.2, -0.15) is 5.10 Å². The molecular weight excluding hydrogens is 236 g/mol. The average Bonchev–Trinajstić information content (AvgIpc) is 2.99. The van der Waals surface area contributed by atoms with E-state index in [0.29, 0.717) is 5.92 Å². The number of piperidine rings is 1. The highest BCUT2D eigenvalue weighted by Crippen LogP contribution is 2.36. The summed E-state index contributed by atoms with van der Waals surface area (Å²) in [4.78, 5) is 4.91. The SMILES string of the molecule is CCC1(c2n[nH]c(C3CCCCC3)n2)CCNCC1. The van der Waals surface area contributed by atoms with Crippen molar-refractivity contribution >= 4 is 0 Å². The second kappa shape index (κ2) is 5.61. The molecule has 19 heavy (non-hydrogen) atoms. The average molecular weight is 262 g/mol. The van der Waals surface area contributed by atoms with Crippen LogP contribution >= 0.6 is 0 Å².